The molecule has 0 radical (unpaired) electrons. The summed E-state index contributed by atoms with van der Waals surface area (Å²) in [7, 11) is 0. The summed E-state index contributed by atoms with van der Waals surface area (Å²) in [5.74, 6) is -1.67. The van der Waals surface area contributed by atoms with Crippen molar-refractivity contribution in [1.29, 1.82) is 0 Å². The number of carbonyl (C=O) groups is 4. The normalized spacial score (nSPS) is 17.4. The number of nitrogens with one attached hydrogen (secondary N) is 1. The standard InChI is InChI=1S/C17H20N2O5/c1-10-5-7-12(8-6-10)14(21)11(2)24-13(20)9-19-15(22)17(3,4)18-16(19)23/h5-8,11H,9H2,1-4H3,(H,18,23)/t11-/m0/s1. The zero-order valence-electron chi connectivity index (χ0n) is 14.1. The molecular weight excluding hydrogens is 312 g/mol. The van der Waals surface area contributed by atoms with Crippen LogP contribution in [0.2, 0.25) is 0 Å². The first-order valence-electron chi connectivity index (χ1n) is 7.56. The molecule has 1 aliphatic heterocycles. The van der Waals surface area contributed by atoms with Gasteiger partial charge in [0.15, 0.2) is 6.10 Å². The zero-order valence-corrected chi connectivity index (χ0v) is 14.1. The summed E-state index contributed by atoms with van der Waals surface area (Å²) in [5, 5.41) is 2.47. The largest absolute Gasteiger partial charge is 0.453 e. The number of benzene rings is 1. The molecule has 0 aromatic heterocycles. The van der Waals surface area contributed by atoms with Crippen molar-refractivity contribution in [2.45, 2.75) is 39.3 Å². The molecule has 1 aliphatic rings. The molecule has 0 aliphatic carbocycles. The van der Waals surface area contributed by atoms with Crippen LogP contribution in [-0.4, -0.2) is 46.8 Å². The number of aryl methyl sites for hydroxylation is 1. The molecule has 1 saturated heterocycles. The summed E-state index contributed by atoms with van der Waals surface area (Å²) in [5.41, 5.74) is 0.384. The molecule has 1 aromatic carbocycles. The smallest absolute Gasteiger partial charge is 0.326 e. The zero-order chi connectivity index (χ0) is 18.1. The van der Waals surface area contributed by atoms with Crippen LogP contribution in [0.1, 0.15) is 36.7 Å². The van der Waals surface area contributed by atoms with Crippen LogP contribution >= 0.6 is 0 Å². The van der Waals surface area contributed by atoms with Crippen LogP contribution < -0.4 is 5.32 Å². The number of carbonyl (C=O) groups excluding carboxylic acids is 4. The summed E-state index contributed by atoms with van der Waals surface area (Å²) in [4.78, 5) is 48.7. The van der Waals surface area contributed by atoms with Crippen LogP contribution in [0.3, 0.4) is 0 Å². The Balaban J connectivity index is 1.97. The van der Waals surface area contributed by atoms with Crippen LogP contribution in [-0.2, 0) is 14.3 Å². The van der Waals surface area contributed by atoms with Gasteiger partial charge in [0, 0.05) is 5.56 Å². The molecule has 7 heteroatoms. The minimum Gasteiger partial charge on any atom is -0.453 e. The number of hydrogen-bond acceptors (Lipinski definition) is 5. The highest BCUT2D eigenvalue weighted by Crippen LogP contribution is 2.16. The topological polar surface area (TPSA) is 92.8 Å². The van der Waals surface area contributed by atoms with Gasteiger partial charge in [-0.25, -0.2) is 4.79 Å². The fraction of sp³-hybridized carbons (Fsp3) is 0.412. The Morgan fingerprint density at radius 2 is 1.79 bits per heavy atom. The quantitative estimate of drug-likeness (QED) is 0.500. The third kappa shape index (κ3) is 3.61. The van der Waals surface area contributed by atoms with E-state index in [1.54, 1.807) is 38.1 Å². The van der Waals surface area contributed by atoms with E-state index in [-0.39, 0.29) is 5.78 Å². The maximum absolute atomic E-state index is 12.2. The number of imide groups is 1. The Labute approximate surface area is 140 Å². The van der Waals surface area contributed by atoms with Crippen LogP contribution in [0.15, 0.2) is 24.3 Å². The average Bonchev–Trinajstić information content (AvgIpc) is 2.69. The fourth-order valence-corrected chi connectivity index (χ4v) is 2.33. The Morgan fingerprint density at radius 3 is 2.29 bits per heavy atom. The predicted octanol–water partition coefficient (Wildman–Crippen LogP) is 1.44. The minimum absolute atomic E-state index is 0.346. The molecule has 7 nitrogen and oxygen atoms in total. The monoisotopic (exact) mass is 332 g/mol. The number of rotatable bonds is 5. The first-order chi connectivity index (χ1) is 11.1. The molecule has 1 aromatic rings. The van der Waals surface area contributed by atoms with Crippen molar-refractivity contribution in [1.82, 2.24) is 10.2 Å². The van der Waals surface area contributed by atoms with E-state index in [0.29, 0.717) is 5.56 Å². The number of urea groups is 1. The number of amides is 3. The van der Waals surface area contributed by atoms with E-state index in [0.717, 1.165) is 10.5 Å². The Hall–Kier alpha value is -2.70. The van der Waals surface area contributed by atoms with Crippen molar-refractivity contribution in [3.05, 3.63) is 35.4 Å². The molecule has 3 amide bonds. The Morgan fingerprint density at radius 1 is 1.21 bits per heavy atom. The Kier molecular flexibility index (Phi) is 4.73. The molecule has 0 unspecified atom stereocenters. The summed E-state index contributed by atoms with van der Waals surface area (Å²) < 4.78 is 5.06. The van der Waals surface area contributed by atoms with Crippen LogP contribution in [0.5, 0.6) is 0 Å². The van der Waals surface area contributed by atoms with E-state index in [4.69, 9.17) is 4.74 Å². The third-order valence-electron chi connectivity index (χ3n) is 3.75. The number of Topliss-reactive ketones (excluding diaryl/α,β-unsaturated/α-hetero) is 1. The van der Waals surface area contributed by atoms with Gasteiger partial charge in [-0.1, -0.05) is 29.8 Å². The van der Waals surface area contributed by atoms with Crippen LogP contribution in [0.25, 0.3) is 0 Å². The van der Waals surface area contributed by atoms with Crippen molar-refractivity contribution in [2.75, 3.05) is 6.54 Å². The molecule has 1 fully saturated rings. The number of ketones is 1. The van der Waals surface area contributed by atoms with E-state index in [2.05, 4.69) is 5.32 Å². The van der Waals surface area contributed by atoms with Crippen molar-refractivity contribution < 1.29 is 23.9 Å². The minimum atomic E-state index is -1.05. The first kappa shape index (κ1) is 17.7. The molecule has 0 spiro atoms. The van der Waals surface area contributed by atoms with Gasteiger partial charge in [0.05, 0.1) is 0 Å². The maximum atomic E-state index is 12.2. The lowest BCUT2D eigenvalue weighted by molar-refractivity contribution is -0.149. The second-order valence-electron chi connectivity index (χ2n) is 6.31. The molecule has 0 bridgehead atoms. The third-order valence-corrected chi connectivity index (χ3v) is 3.75. The molecule has 24 heavy (non-hydrogen) atoms. The van der Waals surface area contributed by atoms with E-state index < -0.39 is 36.1 Å². The average molecular weight is 332 g/mol. The van der Waals surface area contributed by atoms with Gasteiger partial charge < -0.3 is 10.1 Å². The van der Waals surface area contributed by atoms with Gasteiger partial charge >= 0.3 is 12.0 Å². The molecule has 2 rings (SSSR count). The van der Waals surface area contributed by atoms with Gasteiger partial charge in [-0.2, -0.15) is 0 Å². The SMILES string of the molecule is Cc1ccc(C(=O)[C@H](C)OC(=O)CN2C(=O)NC(C)(C)C2=O)cc1. The van der Waals surface area contributed by atoms with Gasteiger partial charge in [0.25, 0.3) is 5.91 Å². The van der Waals surface area contributed by atoms with Crippen molar-refractivity contribution in [3.8, 4) is 0 Å². The summed E-state index contributed by atoms with van der Waals surface area (Å²) in [6.45, 7) is 5.91. The molecular formula is C17H20N2O5. The highest BCUT2D eigenvalue weighted by molar-refractivity contribution is 6.08. The Bertz CT molecular complexity index is 693. The maximum Gasteiger partial charge on any atom is 0.326 e. The van der Waals surface area contributed by atoms with Gasteiger partial charge in [-0.15, -0.1) is 0 Å². The molecule has 128 valence electrons. The van der Waals surface area contributed by atoms with Crippen molar-refractivity contribution in [2.24, 2.45) is 0 Å². The predicted molar refractivity (Wildman–Crippen MR) is 85.4 cm³/mol. The fourth-order valence-electron chi connectivity index (χ4n) is 2.33. The molecule has 1 heterocycles. The van der Waals surface area contributed by atoms with Crippen LogP contribution in [0, 0.1) is 6.92 Å². The molecule has 1 N–H and O–H groups in total. The van der Waals surface area contributed by atoms with Crippen molar-refractivity contribution >= 4 is 23.7 Å². The number of esters is 1. The second-order valence-corrected chi connectivity index (χ2v) is 6.31. The van der Waals surface area contributed by atoms with Gasteiger partial charge in [0.2, 0.25) is 5.78 Å². The first-order valence-corrected chi connectivity index (χ1v) is 7.56. The lowest BCUT2D eigenvalue weighted by Gasteiger charge is -2.17. The van der Waals surface area contributed by atoms with Crippen molar-refractivity contribution in [3.63, 3.8) is 0 Å². The lowest BCUT2D eigenvalue weighted by Crippen LogP contribution is -2.41. The summed E-state index contributed by atoms with van der Waals surface area (Å²) >= 11 is 0. The van der Waals surface area contributed by atoms with Gasteiger partial charge in [0.1, 0.15) is 12.1 Å². The highest BCUT2D eigenvalue weighted by atomic mass is 16.5. The number of nitrogens with zero attached hydrogens (tertiary/aromatic N) is 1. The van der Waals surface area contributed by atoms with E-state index in [1.807, 2.05) is 6.92 Å². The van der Waals surface area contributed by atoms with Crippen LogP contribution in [0.4, 0.5) is 4.79 Å². The van der Waals surface area contributed by atoms with Gasteiger partial charge in [-0.05, 0) is 27.7 Å². The number of hydrogen-bond donors (Lipinski definition) is 1. The van der Waals surface area contributed by atoms with Gasteiger partial charge in [-0.3, -0.25) is 19.3 Å². The van der Waals surface area contributed by atoms with E-state index in [1.165, 1.54) is 6.92 Å². The number of ether oxygens (including phenoxy) is 1. The second kappa shape index (κ2) is 6.43. The summed E-state index contributed by atoms with van der Waals surface area (Å²) in [6, 6.07) is 6.23. The molecule has 0 saturated carbocycles. The van der Waals surface area contributed by atoms with E-state index in [9.17, 15) is 19.2 Å². The summed E-state index contributed by atoms with van der Waals surface area (Å²) in [6.07, 6.45) is -1.01. The molecule has 1 atom stereocenters. The van der Waals surface area contributed by atoms with E-state index >= 15 is 0 Å². The highest BCUT2D eigenvalue weighted by Gasteiger charge is 2.45. The lowest BCUT2D eigenvalue weighted by atomic mass is 10.1.